The summed E-state index contributed by atoms with van der Waals surface area (Å²) >= 11 is 12.5. The van der Waals surface area contributed by atoms with Gasteiger partial charge in [-0.1, -0.05) is 29.3 Å². The average Bonchev–Trinajstić information content (AvgIpc) is 2.76. The Labute approximate surface area is 199 Å². The average molecular weight is 486 g/mol. The Kier molecular flexibility index (Phi) is 6.64. The largest absolute Gasteiger partial charge is 0.492 e. The van der Waals surface area contributed by atoms with Crippen LogP contribution in [0.5, 0.6) is 5.75 Å². The maximum absolute atomic E-state index is 12.8. The third-order valence-corrected chi connectivity index (χ3v) is 5.38. The second kappa shape index (κ2) is 9.62. The molecule has 0 unspecified atom stereocenters. The fourth-order valence-corrected chi connectivity index (χ4v) is 3.68. The van der Waals surface area contributed by atoms with Gasteiger partial charge in [-0.15, -0.1) is 0 Å². The summed E-state index contributed by atoms with van der Waals surface area (Å²) in [5.41, 5.74) is 0.465. The molecular formula is C22H21Cl2N7O2. The van der Waals surface area contributed by atoms with Gasteiger partial charge < -0.3 is 15.0 Å². The molecule has 0 saturated carbocycles. The number of para-hydroxylation sites is 1. The van der Waals surface area contributed by atoms with Crippen LogP contribution >= 0.6 is 23.2 Å². The standard InChI is InChI=1S/C22H21Cl2N7O2/c1-30(2)10-11-33-14-8-6-13(7-9-14)27-21-26-12-15-19(25)31(22(32)29-20(15)28-21)18-16(23)4-3-5-17(18)24/h3-9,12,25H,10-11H2,1-2H3,(H2,26,27,28,29,32). The molecule has 0 atom stereocenters. The molecule has 0 spiro atoms. The lowest BCUT2D eigenvalue weighted by atomic mass is 10.3. The van der Waals surface area contributed by atoms with Crippen LogP contribution in [0.3, 0.4) is 0 Å². The third-order valence-electron chi connectivity index (χ3n) is 4.77. The molecular weight excluding hydrogens is 465 g/mol. The van der Waals surface area contributed by atoms with E-state index in [1.54, 1.807) is 18.2 Å². The first-order valence-corrected chi connectivity index (χ1v) is 10.7. The Balaban J connectivity index is 1.61. The van der Waals surface area contributed by atoms with Crippen molar-refractivity contribution in [3.8, 4) is 11.4 Å². The van der Waals surface area contributed by atoms with Gasteiger partial charge in [0.15, 0.2) is 5.65 Å². The molecule has 0 fully saturated rings. The summed E-state index contributed by atoms with van der Waals surface area (Å²) < 4.78 is 6.78. The molecule has 0 bridgehead atoms. The van der Waals surface area contributed by atoms with Crippen molar-refractivity contribution in [1.82, 2.24) is 24.4 Å². The number of likely N-dealkylation sites (N-methyl/N-ethyl adjacent to an activating group) is 1. The maximum atomic E-state index is 12.8. The molecule has 11 heteroatoms. The summed E-state index contributed by atoms with van der Waals surface area (Å²) in [6, 6.07) is 12.2. The number of anilines is 2. The monoisotopic (exact) mass is 485 g/mol. The molecule has 2 aromatic heterocycles. The van der Waals surface area contributed by atoms with E-state index in [1.165, 1.54) is 6.20 Å². The number of ether oxygens (including phenoxy) is 1. The molecule has 170 valence electrons. The predicted octanol–water partition coefficient (Wildman–Crippen LogP) is 3.58. The summed E-state index contributed by atoms with van der Waals surface area (Å²) in [5.74, 6) is 1.03. The van der Waals surface area contributed by atoms with E-state index in [4.69, 9.17) is 33.3 Å². The summed E-state index contributed by atoms with van der Waals surface area (Å²) in [6.07, 6.45) is 1.46. The highest BCUT2D eigenvalue weighted by Crippen LogP contribution is 2.26. The zero-order valence-corrected chi connectivity index (χ0v) is 19.4. The fourth-order valence-electron chi connectivity index (χ4n) is 3.12. The van der Waals surface area contributed by atoms with Crippen LogP contribution in [0, 0.1) is 5.41 Å². The number of aromatic nitrogens is 4. The third kappa shape index (κ3) is 5.00. The van der Waals surface area contributed by atoms with Crippen molar-refractivity contribution in [3.05, 3.63) is 74.7 Å². The number of benzene rings is 2. The number of fused-ring (bicyclic) bond motifs is 1. The quantitative estimate of drug-likeness (QED) is 0.368. The second-order valence-electron chi connectivity index (χ2n) is 7.44. The van der Waals surface area contributed by atoms with Crippen molar-refractivity contribution in [2.75, 3.05) is 32.6 Å². The molecule has 3 N–H and O–H groups in total. The van der Waals surface area contributed by atoms with Crippen molar-refractivity contribution in [2.24, 2.45) is 0 Å². The van der Waals surface area contributed by atoms with E-state index in [1.807, 2.05) is 43.3 Å². The molecule has 0 radical (unpaired) electrons. The highest BCUT2D eigenvalue weighted by Gasteiger charge is 2.15. The SMILES string of the molecule is CN(C)CCOc1ccc(Nc2ncc3c(=N)n(-c4c(Cl)cccc4Cl)c(=O)[nH]c3n2)cc1. The zero-order chi connectivity index (χ0) is 23.5. The van der Waals surface area contributed by atoms with Gasteiger partial charge in [0.1, 0.15) is 17.8 Å². The van der Waals surface area contributed by atoms with E-state index < -0.39 is 5.69 Å². The molecule has 0 aliphatic carbocycles. The Morgan fingerprint density at radius 1 is 1.15 bits per heavy atom. The number of hydrogen-bond donors (Lipinski definition) is 3. The first-order chi connectivity index (χ1) is 15.8. The van der Waals surface area contributed by atoms with E-state index in [-0.39, 0.29) is 32.8 Å². The number of nitrogens with zero attached hydrogens (tertiary/aromatic N) is 4. The van der Waals surface area contributed by atoms with Crippen LogP contribution in [-0.2, 0) is 0 Å². The summed E-state index contributed by atoms with van der Waals surface area (Å²) in [5, 5.41) is 12.4. The molecule has 2 aromatic carbocycles. The minimum Gasteiger partial charge on any atom is -0.492 e. The Bertz CT molecular complexity index is 1400. The van der Waals surface area contributed by atoms with Crippen molar-refractivity contribution in [3.63, 3.8) is 0 Å². The molecule has 0 aliphatic heterocycles. The Hall–Kier alpha value is -3.40. The topological polar surface area (TPSA) is 112 Å². The highest BCUT2D eigenvalue weighted by molar-refractivity contribution is 6.37. The van der Waals surface area contributed by atoms with E-state index in [2.05, 4.69) is 20.3 Å². The van der Waals surface area contributed by atoms with Gasteiger partial charge in [0.05, 0.1) is 21.1 Å². The van der Waals surface area contributed by atoms with Crippen LogP contribution < -0.4 is 21.2 Å². The van der Waals surface area contributed by atoms with E-state index >= 15 is 0 Å². The molecule has 4 aromatic rings. The van der Waals surface area contributed by atoms with Crippen LogP contribution in [0.2, 0.25) is 10.0 Å². The van der Waals surface area contributed by atoms with Gasteiger partial charge in [0, 0.05) is 18.4 Å². The number of H-pyrrole nitrogens is 1. The van der Waals surface area contributed by atoms with Crippen LogP contribution in [0.15, 0.2) is 53.5 Å². The van der Waals surface area contributed by atoms with Gasteiger partial charge in [-0.2, -0.15) is 4.98 Å². The smallest absolute Gasteiger partial charge is 0.333 e. The number of nitrogens with one attached hydrogen (secondary N) is 3. The molecule has 33 heavy (non-hydrogen) atoms. The maximum Gasteiger partial charge on any atom is 0.333 e. The Morgan fingerprint density at radius 3 is 2.52 bits per heavy atom. The van der Waals surface area contributed by atoms with Gasteiger partial charge in [-0.05, 0) is 50.5 Å². The van der Waals surface area contributed by atoms with E-state index in [9.17, 15) is 4.79 Å². The number of hydrogen-bond acceptors (Lipinski definition) is 7. The van der Waals surface area contributed by atoms with Crippen LogP contribution in [0.4, 0.5) is 11.6 Å². The lowest BCUT2D eigenvalue weighted by Crippen LogP contribution is -2.34. The van der Waals surface area contributed by atoms with Gasteiger partial charge in [0.25, 0.3) is 0 Å². The summed E-state index contributed by atoms with van der Waals surface area (Å²) in [4.78, 5) is 26.1. The van der Waals surface area contributed by atoms with Gasteiger partial charge >= 0.3 is 5.69 Å². The van der Waals surface area contributed by atoms with Crippen molar-refractivity contribution in [2.45, 2.75) is 0 Å². The molecule has 4 rings (SSSR count). The van der Waals surface area contributed by atoms with Gasteiger partial charge in [-0.25, -0.2) is 14.3 Å². The first kappa shape index (κ1) is 22.8. The minimum absolute atomic E-state index is 0.130. The normalized spacial score (nSPS) is 11.2. The lowest BCUT2D eigenvalue weighted by molar-refractivity contribution is 0.261. The van der Waals surface area contributed by atoms with E-state index in [0.717, 1.165) is 22.5 Å². The van der Waals surface area contributed by atoms with Gasteiger partial charge in [0.2, 0.25) is 5.95 Å². The highest BCUT2D eigenvalue weighted by atomic mass is 35.5. The number of rotatable bonds is 7. The second-order valence-corrected chi connectivity index (χ2v) is 8.26. The van der Waals surface area contributed by atoms with Crippen LogP contribution in [0.1, 0.15) is 0 Å². The molecule has 2 heterocycles. The van der Waals surface area contributed by atoms with Crippen molar-refractivity contribution in [1.29, 1.82) is 5.41 Å². The summed E-state index contributed by atoms with van der Waals surface area (Å²) in [7, 11) is 3.98. The Morgan fingerprint density at radius 2 is 1.85 bits per heavy atom. The molecule has 0 amide bonds. The fraction of sp³-hybridized carbons (Fsp3) is 0.182. The summed E-state index contributed by atoms with van der Waals surface area (Å²) in [6.45, 7) is 1.42. The van der Waals surface area contributed by atoms with Crippen LogP contribution in [-0.4, -0.2) is 51.7 Å². The minimum atomic E-state index is -0.591. The number of halogens is 2. The van der Waals surface area contributed by atoms with Crippen molar-refractivity contribution < 1.29 is 4.74 Å². The lowest BCUT2D eigenvalue weighted by Gasteiger charge is -2.12. The number of aromatic amines is 1. The van der Waals surface area contributed by atoms with Crippen LogP contribution in [0.25, 0.3) is 16.7 Å². The first-order valence-electron chi connectivity index (χ1n) is 9.99. The molecule has 0 saturated heterocycles. The predicted molar refractivity (Wildman–Crippen MR) is 129 cm³/mol. The van der Waals surface area contributed by atoms with Crippen molar-refractivity contribution >= 4 is 45.9 Å². The molecule has 9 nitrogen and oxygen atoms in total. The molecule has 0 aliphatic rings. The zero-order valence-electron chi connectivity index (χ0n) is 17.9. The van der Waals surface area contributed by atoms with Gasteiger partial charge in [-0.3, -0.25) is 10.4 Å². The van der Waals surface area contributed by atoms with E-state index in [0.29, 0.717) is 12.0 Å².